The summed E-state index contributed by atoms with van der Waals surface area (Å²) in [6.45, 7) is 4.50. The summed E-state index contributed by atoms with van der Waals surface area (Å²) in [6.07, 6.45) is 1.00. The van der Waals surface area contributed by atoms with Crippen LogP contribution in [-0.2, 0) is 20.7 Å². The third kappa shape index (κ3) is 2.76. The fourth-order valence-corrected chi connectivity index (χ4v) is 2.51. The van der Waals surface area contributed by atoms with Gasteiger partial charge in [-0.05, 0) is 37.1 Å². The molecule has 5 nitrogen and oxygen atoms in total. The van der Waals surface area contributed by atoms with Crippen LogP contribution >= 0.6 is 0 Å². The van der Waals surface area contributed by atoms with Crippen molar-refractivity contribution < 1.29 is 14.3 Å². The summed E-state index contributed by atoms with van der Waals surface area (Å²) >= 11 is 0. The van der Waals surface area contributed by atoms with Gasteiger partial charge >= 0.3 is 5.97 Å². The second-order valence-corrected chi connectivity index (χ2v) is 4.90. The van der Waals surface area contributed by atoms with Crippen molar-refractivity contribution in [3.05, 3.63) is 23.8 Å². The van der Waals surface area contributed by atoms with Crippen molar-refractivity contribution in [3.8, 4) is 0 Å². The lowest BCUT2D eigenvalue weighted by molar-refractivity contribution is -0.147. The van der Waals surface area contributed by atoms with E-state index in [1.807, 2.05) is 19.1 Å². The molecule has 1 amide bonds. The first-order valence-corrected chi connectivity index (χ1v) is 6.92. The minimum atomic E-state index is -0.371. The fraction of sp³-hybridized carbons (Fsp3) is 0.467. The quantitative estimate of drug-likeness (QED) is 0.671. The first-order valence-electron chi connectivity index (χ1n) is 6.92. The van der Waals surface area contributed by atoms with Gasteiger partial charge in [0.1, 0.15) is 0 Å². The highest BCUT2D eigenvalue weighted by atomic mass is 16.5. The van der Waals surface area contributed by atoms with Crippen LogP contribution in [0.5, 0.6) is 0 Å². The number of rotatable bonds is 4. The van der Waals surface area contributed by atoms with Gasteiger partial charge in [0.05, 0.1) is 12.5 Å². The van der Waals surface area contributed by atoms with Crippen LogP contribution in [0, 0.1) is 5.92 Å². The summed E-state index contributed by atoms with van der Waals surface area (Å²) in [7, 11) is 0. The van der Waals surface area contributed by atoms with E-state index in [1.165, 1.54) is 0 Å². The minimum Gasteiger partial charge on any atom is -0.466 e. The predicted molar refractivity (Wildman–Crippen MR) is 77.3 cm³/mol. The zero-order valence-electron chi connectivity index (χ0n) is 11.9. The lowest BCUT2D eigenvalue weighted by atomic mass is 10.1. The average Bonchev–Trinajstić information content (AvgIpc) is 2.81. The Morgan fingerprint density at radius 2 is 2.20 bits per heavy atom. The lowest BCUT2D eigenvalue weighted by Crippen LogP contribution is -2.27. The maximum atomic E-state index is 12.1. The van der Waals surface area contributed by atoms with E-state index in [-0.39, 0.29) is 24.2 Å². The van der Waals surface area contributed by atoms with Gasteiger partial charge in [0.2, 0.25) is 5.91 Å². The van der Waals surface area contributed by atoms with Crippen LogP contribution in [0.25, 0.3) is 0 Å². The van der Waals surface area contributed by atoms with Gasteiger partial charge in [-0.25, -0.2) is 0 Å². The number of nitrogens with zero attached hydrogens (tertiary/aromatic N) is 1. The molecule has 5 heteroatoms. The molecule has 1 fully saturated rings. The minimum absolute atomic E-state index is 0.0393. The maximum absolute atomic E-state index is 12.1. The molecule has 0 bridgehead atoms. The smallest absolute Gasteiger partial charge is 0.311 e. The van der Waals surface area contributed by atoms with Crippen molar-refractivity contribution in [2.24, 2.45) is 5.92 Å². The summed E-state index contributed by atoms with van der Waals surface area (Å²) in [5.74, 6) is -0.705. The SMILES string of the molecule is CCOC(=O)C1CC(=O)N(c2ccc(N)cc2CC)C1. The zero-order chi connectivity index (χ0) is 14.7. The Morgan fingerprint density at radius 1 is 1.45 bits per heavy atom. The third-order valence-electron chi connectivity index (χ3n) is 3.52. The Morgan fingerprint density at radius 3 is 2.85 bits per heavy atom. The topological polar surface area (TPSA) is 72.6 Å². The maximum Gasteiger partial charge on any atom is 0.311 e. The molecule has 1 saturated heterocycles. The molecule has 0 aliphatic carbocycles. The highest BCUT2D eigenvalue weighted by molar-refractivity contribution is 6.00. The number of hydrogen-bond donors (Lipinski definition) is 1. The van der Waals surface area contributed by atoms with Gasteiger partial charge in [-0.15, -0.1) is 0 Å². The normalized spacial score (nSPS) is 18.4. The molecule has 1 aliphatic heterocycles. The number of nitrogen functional groups attached to an aromatic ring is 1. The van der Waals surface area contributed by atoms with E-state index >= 15 is 0 Å². The van der Waals surface area contributed by atoms with Crippen molar-refractivity contribution in [2.75, 3.05) is 23.8 Å². The van der Waals surface area contributed by atoms with Crippen LogP contribution in [0.1, 0.15) is 25.8 Å². The second kappa shape index (κ2) is 5.94. The van der Waals surface area contributed by atoms with Gasteiger partial charge in [0, 0.05) is 24.3 Å². The molecule has 108 valence electrons. The molecule has 1 atom stereocenters. The molecule has 20 heavy (non-hydrogen) atoms. The number of aryl methyl sites for hydroxylation is 1. The van der Waals surface area contributed by atoms with E-state index in [1.54, 1.807) is 17.9 Å². The van der Waals surface area contributed by atoms with Gasteiger partial charge in [-0.2, -0.15) is 0 Å². The molecule has 1 aromatic carbocycles. The summed E-state index contributed by atoms with van der Waals surface area (Å²) in [5.41, 5.74) is 8.32. The molecule has 0 aromatic heterocycles. The number of anilines is 2. The predicted octanol–water partition coefficient (Wildman–Crippen LogP) is 1.75. The van der Waals surface area contributed by atoms with E-state index < -0.39 is 0 Å². The molecule has 0 spiro atoms. The van der Waals surface area contributed by atoms with Gasteiger partial charge in [-0.3, -0.25) is 9.59 Å². The molecular weight excluding hydrogens is 256 g/mol. The molecule has 1 heterocycles. The van der Waals surface area contributed by atoms with Gasteiger partial charge in [0.25, 0.3) is 0 Å². The Kier molecular flexibility index (Phi) is 4.27. The number of amides is 1. The second-order valence-electron chi connectivity index (χ2n) is 4.90. The van der Waals surface area contributed by atoms with E-state index in [9.17, 15) is 9.59 Å². The molecule has 0 radical (unpaired) electrons. The summed E-state index contributed by atoms with van der Waals surface area (Å²) in [6, 6.07) is 5.50. The number of esters is 1. The molecule has 0 saturated carbocycles. The molecule has 2 N–H and O–H groups in total. The number of ether oxygens (including phenoxy) is 1. The average molecular weight is 276 g/mol. The van der Waals surface area contributed by atoms with Gasteiger partial charge in [-0.1, -0.05) is 6.92 Å². The third-order valence-corrected chi connectivity index (χ3v) is 3.52. The fourth-order valence-electron chi connectivity index (χ4n) is 2.51. The van der Waals surface area contributed by atoms with Crippen LogP contribution < -0.4 is 10.6 Å². The number of benzene rings is 1. The first-order chi connectivity index (χ1) is 9.56. The number of nitrogens with two attached hydrogens (primary N) is 1. The lowest BCUT2D eigenvalue weighted by Gasteiger charge is -2.20. The number of carbonyl (C=O) groups is 2. The number of carbonyl (C=O) groups excluding carboxylic acids is 2. The van der Waals surface area contributed by atoms with E-state index in [0.29, 0.717) is 18.8 Å². The van der Waals surface area contributed by atoms with Crippen molar-refractivity contribution >= 4 is 23.3 Å². The Labute approximate surface area is 118 Å². The molecule has 2 rings (SSSR count). The molecule has 1 aromatic rings. The molecule has 1 aliphatic rings. The standard InChI is InChI=1S/C15H20N2O3/c1-3-10-7-12(16)5-6-13(10)17-9-11(8-14(17)18)15(19)20-4-2/h5-7,11H,3-4,8-9,16H2,1-2H3. The van der Waals surface area contributed by atoms with Crippen molar-refractivity contribution in [1.82, 2.24) is 0 Å². The summed E-state index contributed by atoms with van der Waals surface area (Å²) in [5, 5.41) is 0. The zero-order valence-corrected chi connectivity index (χ0v) is 11.9. The highest BCUT2D eigenvalue weighted by Crippen LogP contribution is 2.30. The molecule has 1 unspecified atom stereocenters. The highest BCUT2D eigenvalue weighted by Gasteiger charge is 2.36. The van der Waals surface area contributed by atoms with Crippen LogP contribution in [-0.4, -0.2) is 25.0 Å². The Bertz CT molecular complexity index is 528. The largest absolute Gasteiger partial charge is 0.466 e. The number of hydrogen-bond acceptors (Lipinski definition) is 4. The summed E-state index contributed by atoms with van der Waals surface area (Å²) < 4.78 is 5.00. The van der Waals surface area contributed by atoms with Gasteiger partial charge in [0.15, 0.2) is 0 Å². The van der Waals surface area contributed by atoms with Crippen molar-refractivity contribution in [2.45, 2.75) is 26.7 Å². The van der Waals surface area contributed by atoms with Crippen LogP contribution in [0.4, 0.5) is 11.4 Å². The van der Waals surface area contributed by atoms with E-state index in [4.69, 9.17) is 10.5 Å². The summed E-state index contributed by atoms with van der Waals surface area (Å²) in [4.78, 5) is 25.6. The molecular formula is C15H20N2O3. The van der Waals surface area contributed by atoms with E-state index in [0.717, 1.165) is 17.7 Å². The van der Waals surface area contributed by atoms with Crippen LogP contribution in [0.3, 0.4) is 0 Å². The van der Waals surface area contributed by atoms with E-state index in [2.05, 4.69) is 0 Å². The Hall–Kier alpha value is -2.04. The first kappa shape index (κ1) is 14.4. The van der Waals surface area contributed by atoms with Gasteiger partial charge < -0.3 is 15.4 Å². The van der Waals surface area contributed by atoms with Crippen molar-refractivity contribution in [3.63, 3.8) is 0 Å². The van der Waals surface area contributed by atoms with Crippen LogP contribution in [0.15, 0.2) is 18.2 Å². The monoisotopic (exact) mass is 276 g/mol. The Balaban J connectivity index is 2.22. The van der Waals surface area contributed by atoms with Crippen molar-refractivity contribution in [1.29, 1.82) is 0 Å². The van der Waals surface area contributed by atoms with Crippen LogP contribution in [0.2, 0.25) is 0 Å².